The highest BCUT2D eigenvalue weighted by molar-refractivity contribution is 5.42. The molecule has 0 saturated carbocycles. The van der Waals surface area contributed by atoms with Crippen molar-refractivity contribution in [3.63, 3.8) is 0 Å². The maximum absolute atomic E-state index is 5.97. The first-order valence-electron chi connectivity index (χ1n) is 7.43. The molecule has 112 valence electrons. The molecule has 0 bridgehead atoms. The minimum Gasteiger partial charge on any atom is -0.437 e. The highest BCUT2D eigenvalue weighted by Crippen LogP contribution is 2.29. The second-order valence-electron chi connectivity index (χ2n) is 5.19. The normalized spacial score (nSPS) is 10.7. The van der Waals surface area contributed by atoms with Crippen LogP contribution in [0.4, 0.5) is 0 Å². The molecule has 2 aromatic rings. The number of hydrogen-bond donors (Lipinski definition) is 1. The van der Waals surface area contributed by atoms with Gasteiger partial charge in [-0.25, -0.2) is 0 Å². The molecule has 0 unspecified atom stereocenters. The standard InChI is InChI=1S/C17H23N3O/c1-5-13-14(10-18)17(20-19-15(13)6-2)21-16-8-7-11(3)9-12(16)4/h7-9H,5-6,10,18H2,1-4H3. The first-order chi connectivity index (χ1) is 10.1. The molecule has 1 heterocycles. The summed E-state index contributed by atoms with van der Waals surface area (Å²) in [6, 6.07) is 6.08. The third-order valence-corrected chi connectivity index (χ3v) is 3.66. The summed E-state index contributed by atoms with van der Waals surface area (Å²) in [6.45, 7) is 8.68. The van der Waals surface area contributed by atoms with Crippen molar-refractivity contribution >= 4 is 0 Å². The summed E-state index contributed by atoms with van der Waals surface area (Å²) in [5.74, 6) is 1.33. The smallest absolute Gasteiger partial charge is 0.243 e. The molecule has 0 atom stereocenters. The van der Waals surface area contributed by atoms with Gasteiger partial charge < -0.3 is 10.5 Å². The average molecular weight is 285 g/mol. The van der Waals surface area contributed by atoms with Crippen LogP contribution in [0, 0.1) is 13.8 Å². The number of nitrogens with two attached hydrogens (primary N) is 1. The molecule has 0 saturated heterocycles. The van der Waals surface area contributed by atoms with Gasteiger partial charge in [0.15, 0.2) is 0 Å². The third-order valence-electron chi connectivity index (χ3n) is 3.66. The first-order valence-corrected chi connectivity index (χ1v) is 7.43. The average Bonchev–Trinajstić information content (AvgIpc) is 2.49. The van der Waals surface area contributed by atoms with Gasteiger partial charge in [-0.05, 0) is 43.9 Å². The number of ether oxygens (including phenoxy) is 1. The SMILES string of the molecule is CCc1nnc(Oc2ccc(C)cc2C)c(CN)c1CC. The van der Waals surface area contributed by atoms with E-state index in [4.69, 9.17) is 10.5 Å². The van der Waals surface area contributed by atoms with Crippen molar-refractivity contribution in [2.45, 2.75) is 47.1 Å². The van der Waals surface area contributed by atoms with E-state index in [1.807, 2.05) is 19.1 Å². The Hall–Kier alpha value is -1.94. The highest BCUT2D eigenvalue weighted by Gasteiger charge is 2.15. The van der Waals surface area contributed by atoms with Crippen LogP contribution in [0.5, 0.6) is 11.6 Å². The molecule has 4 heteroatoms. The van der Waals surface area contributed by atoms with E-state index < -0.39 is 0 Å². The second kappa shape index (κ2) is 6.68. The van der Waals surface area contributed by atoms with Gasteiger partial charge in [-0.3, -0.25) is 0 Å². The fourth-order valence-corrected chi connectivity index (χ4v) is 2.54. The molecule has 0 fully saturated rings. The zero-order valence-corrected chi connectivity index (χ0v) is 13.2. The van der Waals surface area contributed by atoms with Crippen molar-refractivity contribution in [1.29, 1.82) is 0 Å². The first kappa shape index (κ1) is 15.4. The van der Waals surface area contributed by atoms with Crippen LogP contribution in [0.3, 0.4) is 0 Å². The number of nitrogens with zero attached hydrogens (tertiary/aromatic N) is 2. The van der Waals surface area contributed by atoms with E-state index in [1.54, 1.807) is 0 Å². The number of aryl methyl sites for hydroxylation is 3. The maximum atomic E-state index is 5.97. The molecule has 0 amide bonds. The molecule has 21 heavy (non-hydrogen) atoms. The highest BCUT2D eigenvalue weighted by atomic mass is 16.5. The van der Waals surface area contributed by atoms with E-state index in [-0.39, 0.29) is 0 Å². The Morgan fingerprint density at radius 2 is 1.81 bits per heavy atom. The largest absolute Gasteiger partial charge is 0.437 e. The maximum Gasteiger partial charge on any atom is 0.243 e. The van der Waals surface area contributed by atoms with Crippen molar-refractivity contribution in [3.8, 4) is 11.6 Å². The number of benzene rings is 1. The Balaban J connectivity index is 2.44. The Labute approximate surface area is 126 Å². The molecule has 0 aliphatic rings. The van der Waals surface area contributed by atoms with Crippen LogP contribution in [0.1, 0.15) is 41.8 Å². The van der Waals surface area contributed by atoms with Crippen LogP contribution < -0.4 is 10.5 Å². The molecule has 1 aromatic heterocycles. The fourth-order valence-electron chi connectivity index (χ4n) is 2.54. The molecule has 0 aliphatic heterocycles. The zero-order chi connectivity index (χ0) is 15.4. The lowest BCUT2D eigenvalue weighted by molar-refractivity contribution is 0.442. The molecular formula is C17H23N3O. The Morgan fingerprint density at radius 3 is 2.38 bits per heavy atom. The summed E-state index contributed by atoms with van der Waals surface area (Å²) < 4.78 is 5.97. The van der Waals surface area contributed by atoms with Crippen LogP contribution in [-0.4, -0.2) is 10.2 Å². The monoisotopic (exact) mass is 285 g/mol. The summed E-state index contributed by atoms with van der Waals surface area (Å²) in [6.07, 6.45) is 1.74. The zero-order valence-electron chi connectivity index (χ0n) is 13.2. The summed E-state index contributed by atoms with van der Waals surface area (Å²) >= 11 is 0. The minimum atomic E-state index is 0.409. The molecule has 0 spiro atoms. The van der Waals surface area contributed by atoms with E-state index in [0.29, 0.717) is 12.4 Å². The van der Waals surface area contributed by atoms with Crippen LogP contribution in [0.15, 0.2) is 18.2 Å². The van der Waals surface area contributed by atoms with Crippen LogP contribution >= 0.6 is 0 Å². The van der Waals surface area contributed by atoms with Gasteiger partial charge in [-0.15, -0.1) is 5.10 Å². The molecule has 0 aliphatic carbocycles. The Kier molecular flexibility index (Phi) is 4.91. The molecule has 0 radical (unpaired) electrons. The van der Waals surface area contributed by atoms with Crippen molar-refractivity contribution in [2.75, 3.05) is 0 Å². The van der Waals surface area contributed by atoms with E-state index in [9.17, 15) is 0 Å². The lowest BCUT2D eigenvalue weighted by atomic mass is 10.0. The van der Waals surface area contributed by atoms with Gasteiger partial charge in [-0.2, -0.15) is 5.10 Å². The lowest BCUT2D eigenvalue weighted by Crippen LogP contribution is -2.10. The van der Waals surface area contributed by atoms with E-state index in [2.05, 4.69) is 37.0 Å². The molecule has 4 nitrogen and oxygen atoms in total. The van der Waals surface area contributed by atoms with Gasteiger partial charge in [0.2, 0.25) is 5.88 Å². The summed E-state index contributed by atoms with van der Waals surface area (Å²) in [4.78, 5) is 0. The fraction of sp³-hybridized carbons (Fsp3) is 0.412. The lowest BCUT2D eigenvalue weighted by Gasteiger charge is -2.15. The van der Waals surface area contributed by atoms with Gasteiger partial charge in [0.05, 0.1) is 5.69 Å². The van der Waals surface area contributed by atoms with Gasteiger partial charge in [0, 0.05) is 12.1 Å². The number of rotatable bonds is 5. The van der Waals surface area contributed by atoms with Crippen LogP contribution in [0.2, 0.25) is 0 Å². The van der Waals surface area contributed by atoms with Gasteiger partial charge >= 0.3 is 0 Å². The van der Waals surface area contributed by atoms with Gasteiger partial charge in [0.1, 0.15) is 5.75 Å². The summed E-state index contributed by atoms with van der Waals surface area (Å²) in [5.41, 5.74) is 11.3. The van der Waals surface area contributed by atoms with Crippen molar-refractivity contribution in [3.05, 3.63) is 46.1 Å². The van der Waals surface area contributed by atoms with Gasteiger partial charge in [-0.1, -0.05) is 31.5 Å². The van der Waals surface area contributed by atoms with Crippen molar-refractivity contribution in [2.24, 2.45) is 5.73 Å². The quantitative estimate of drug-likeness (QED) is 0.913. The summed E-state index contributed by atoms with van der Waals surface area (Å²) in [5, 5.41) is 8.52. The number of hydrogen-bond acceptors (Lipinski definition) is 4. The Bertz CT molecular complexity index is 638. The number of aromatic nitrogens is 2. The second-order valence-corrected chi connectivity index (χ2v) is 5.19. The van der Waals surface area contributed by atoms with Crippen molar-refractivity contribution in [1.82, 2.24) is 10.2 Å². The molecule has 2 N–H and O–H groups in total. The predicted octanol–water partition coefficient (Wildman–Crippen LogP) is 3.47. The molecular weight excluding hydrogens is 262 g/mol. The van der Waals surface area contributed by atoms with Gasteiger partial charge in [0.25, 0.3) is 0 Å². The van der Waals surface area contributed by atoms with Crippen LogP contribution in [-0.2, 0) is 19.4 Å². The predicted molar refractivity (Wildman–Crippen MR) is 84.7 cm³/mol. The van der Waals surface area contributed by atoms with Crippen LogP contribution in [0.25, 0.3) is 0 Å². The Morgan fingerprint density at radius 1 is 1.05 bits per heavy atom. The third kappa shape index (κ3) is 3.22. The summed E-state index contributed by atoms with van der Waals surface area (Å²) in [7, 11) is 0. The molecule has 1 aromatic carbocycles. The molecule has 2 rings (SSSR count). The van der Waals surface area contributed by atoms with E-state index in [0.717, 1.165) is 41.0 Å². The van der Waals surface area contributed by atoms with E-state index in [1.165, 1.54) is 5.56 Å². The minimum absolute atomic E-state index is 0.409. The topological polar surface area (TPSA) is 61.0 Å². The van der Waals surface area contributed by atoms with Crippen molar-refractivity contribution < 1.29 is 4.74 Å². The van der Waals surface area contributed by atoms with E-state index >= 15 is 0 Å².